The molecule has 1 saturated heterocycles. The van der Waals surface area contributed by atoms with Crippen LogP contribution in [0, 0.1) is 19.8 Å². The second-order valence-electron chi connectivity index (χ2n) is 8.47. The van der Waals surface area contributed by atoms with Crippen LogP contribution in [0.4, 0.5) is 4.79 Å². The van der Waals surface area contributed by atoms with Gasteiger partial charge in [-0.2, -0.15) is 0 Å². The molecule has 1 amide bonds. The van der Waals surface area contributed by atoms with Crippen LogP contribution in [-0.4, -0.2) is 59.1 Å². The first-order chi connectivity index (χ1) is 12.7. The summed E-state index contributed by atoms with van der Waals surface area (Å²) >= 11 is 0. The summed E-state index contributed by atoms with van der Waals surface area (Å²) in [5.74, 6) is 0.181. The maximum absolute atomic E-state index is 12.5. The summed E-state index contributed by atoms with van der Waals surface area (Å²) in [6.45, 7) is 11.6. The van der Waals surface area contributed by atoms with Gasteiger partial charge in [-0.3, -0.25) is 4.98 Å². The summed E-state index contributed by atoms with van der Waals surface area (Å²) in [5, 5.41) is 8.95. The third-order valence-corrected chi connectivity index (χ3v) is 4.54. The minimum Gasteiger partial charge on any atom is -0.444 e. The van der Waals surface area contributed by atoms with E-state index in [4.69, 9.17) is 14.6 Å². The maximum Gasteiger partial charge on any atom is 0.410 e. The van der Waals surface area contributed by atoms with Crippen molar-refractivity contribution in [2.45, 2.75) is 65.6 Å². The largest absolute Gasteiger partial charge is 0.444 e. The fourth-order valence-corrected chi connectivity index (χ4v) is 3.45. The highest BCUT2D eigenvalue weighted by Crippen LogP contribution is 2.26. The zero-order chi connectivity index (χ0) is 20.0. The molecule has 0 radical (unpaired) electrons. The Bertz CT molecular complexity index is 607. The van der Waals surface area contributed by atoms with Gasteiger partial charge in [-0.25, -0.2) is 4.79 Å². The molecule has 1 aromatic rings. The fourth-order valence-electron chi connectivity index (χ4n) is 3.45. The van der Waals surface area contributed by atoms with E-state index in [9.17, 15) is 4.79 Å². The van der Waals surface area contributed by atoms with Crippen LogP contribution in [0.25, 0.3) is 0 Å². The molecule has 2 heterocycles. The van der Waals surface area contributed by atoms with Crippen LogP contribution >= 0.6 is 0 Å². The number of carbonyl (C=O) groups is 1. The van der Waals surface area contributed by atoms with E-state index in [1.165, 1.54) is 5.56 Å². The number of aryl methyl sites for hydroxylation is 2. The molecule has 27 heavy (non-hydrogen) atoms. The van der Waals surface area contributed by atoms with Gasteiger partial charge >= 0.3 is 6.09 Å². The second kappa shape index (κ2) is 9.51. The van der Waals surface area contributed by atoms with E-state index >= 15 is 0 Å². The van der Waals surface area contributed by atoms with Gasteiger partial charge in [-0.15, -0.1) is 0 Å². The van der Waals surface area contributed by atoms with Crippen molar-refractivity contribution < 1.29 is 19.4 Å². The first-order valence-corrected chi connectivity index (χ1v) is 9.82. The number of hydrogen-bond donors (Lipinski definition) is 1. The van der Waals surface area contributed by atoms with Gasteiger partial charge < -0.3 is 19.5 Å². The zero-order valence-electron chi connectivity index (χ0n) is 17.3. The van der Waals surface area contributed by atoms with E-state index in [2.05, 4.69) is 24.0 Å². The molecule has 2 rings (SSSR count). The van der Waals surface area contributed by atoms with Gasteiger partial charge in [-0.1, -0.05) is 0 Å². The van der Waals surface area contributed by atoms with Crippen LogP contribution < -0.4 is 0 Å². The smallest absolute Gasteiger partial charge is 0.410 e. The minimum atomic E-state index is -0.512. The molecule has 1 aliphatic heterocycles. The van der Waals surface area contributed by atoms with Crippen molar-refractivity contribution >= 4 is 6.09 Å². The number of ether oxygens (including phenoxy) is 2. The summed E-state index contributed by atoms with van der Waals surface area (Å²) < 4.78 is 11.6. The number of pyridine rings is 1. The predicted molar refractivity (Wildman–Crippen MR) is 105 cm³/mol. The third-order valence-electron chi connectivity index (χ3n) is 4.54. The molecule has 0 unspecified atom stereocenters. The Labute approximate surface area is 162 Å². The van der Waals surface area contributed by atoms with Gasteiger partial charge in [-0.05, 0) is 71.6 Å². The summed E-state index contributed by atoms with van der Waals surface area (Å²) in [5.41, 5.74) is 2.72. The number of aliphatic hydroxyl groups excluding tert-OH is 1. The van der Waals surface area contributed by atoms with Gasteiger partial charge in [0.15, 0.2) is 0 Å². The number of amides is 1. The van der Waals surface area contributed by atoms with Gasteiger partial charge in [0.1, 0.15) is 5.60 Å². The molecule has 1 aliphatic rings. The van der Waals surface area contributed by atoms with Gasteiger partial charge in [0, 0.05) is 37.1 Å². The average Bonchev–Trinajstić information content (AvgIpc) is 2.92. The number of aromatic nitrogens is 1. The first kappa shape index (κ1) is 21.6. The van der Waals surface area contributed by atoms with Crippen LogP contribution in [0.15, 0.2) is 12.1 Å². The first-order valence-electron chi connectivity index (χ1n) is 9.82. The highest BCUT2D eigenvalue weighted by Gasteiger charge is 2.38. The van der Waals surface area contributed by atoms with Gasteiger partial charge in [0.05, 0.1) is 12.6 Å². The van der Waals surface area contributed by atoms with Crippen LogP contribution in [-0.2, 0) is 15.9 Å². The SMILES string of the molecule is Cc1cc(C)nc(C[C@@H]2CN(C(=O)OC(C)(C)C)C[C@@H]2OCCCCO)c1. The molecule has 0 aromatic carbocycles. The average molecular weight is 379 g/mol. The van der Waals surface area contributed by atoms with Crippen molar-refractivity contribution in [2.24, 2.45) is 5.92 Å². The molecular formula is C21H34N2O4. The van der Waals surface area contributed by atoms with E-state index in [-0.39, 0.29) is 24.7 Å². The van der Waals surface area contributed by atoms with Crippen LogP contribution in [0.1, 0.15) is 50.6 Å². The number of unbranched alkanes of at least 4 members (excludes halogenated alkanes) is 1. The third kappa shape index (κ3) is 7.11. The number of rotatable bonds is 7. The lowest BCUT2D eigenvalue weighted by molar-refractivity contribution is 0.0165. The van der Waals surface area contributed by atoms with E-state index in [0.29, 0.717) is 19.7 Å². The molecule has 0 aliphatic carbocycles. The van der Waals surface area contributed by atoms with E-state index in [1.54, 1.807) is 4.90 Å². The van der Waals surface area contributed by atoms with Crippen LogP contribution in [0.5, 0.6) is 0 Å². The molecule has 152 valence electrons. The zero-order valence-corrected chi connectivity index (χ0v) is 17.3. The Balaban J connectivity index is 2.06. The van der Waals surface area contributed by atoms with E-state index < -0.39 is 5.60 Å². The molecule has 0 saturated carbocycles. The number of hydrogen-bond acceptors (Lipinski definition) is 5. The summed E-state index contributed by atoms with van der Waals surface area (Å²) in [7, 11) is 0. The number of likely N-dealkylation sites (tertiary alicyclic amines) is 1. The Kier molecular flexibility index (Phi) is 7.62. The van der Waals surface area contributed by atoms with Crippen molar-refractivity contribution in [1.82, 2.24) is 9.88 Å². The van der Waals surface area contributed by atoms with Crippen molar-refractivity contribution in [3.63, 3.8) is 0 Å². The Morgan fingerprint density at radius 3 is 2.63 bits per heavy atom. The van der Waals surface area contributed by atoms with Crippen molar-refractivity contribution in [3.05, 3.63) is 29.1 Å². The lowest BCUT2D eigenvalue weighted by Crippen LogP contribution is -2.36. The van der Waals surface area contributed by atoms with Crippen molar-refractivity contribution in [1.29, 1.82) is 0 Å². The predicted octanol–water partition coefficient (Wildman–Crippen LogP) is 3.27. The molecule has 2 atom stereocenters. The Morgan fingerprint density at radius 1 is 1.26 bits per heavy atom. The molecule has 1 N–H and O–H groups in total. The summed E-state index contributed by atoms with van der Waals surface area (Å²) in [6.07, 6.45) is 1.98. The second-order valence-corrected chi connectivity index (χ2v) is 8.47. The molecule has 6 heteroatoms. The van der Waals surface area contributed by atoms with Crippen molar-refractivity contribution in [3.8, 4) is 0 Å². The molecule has 0 bridgehead atoms. The monoisotopic (exact) mass is 378 g/mol. The van der Waals surface area contributed by atoms with E-state index in [0.717, 1.165) is 30.7 Å². The number of aliphatic hydroxyl groups is 1. The maximum atomic E-state index is 12.5. The summed E-state index contributed by atoms with van der Waals surface area (Å²) in [4.78, 5) is 18.9. The minimum absolute atomic E-state index is 0.0428. The fraction of sp³-hybridized carbons (Fsp3) is 0.714. The number of carbonyl (C=O) groups excluding carboxylic acids is 1. The topological polar surface area (TPSA) is 71.9 Å². The highest BCUT2D eigenvalue weighted by molar-refractivity contribution is 5.68. The van der Waals surface area contributed by atoms with Crippen molar-refractivity contribution in [2.75, 3.05) is 26.3 Å². The normalized spacial score (nSPS) is 20.1. The molecule has 1 aromatic heterocycles. The van der Waals surface area contributed by atoms with Crippen LogP contribution in [0.3, 0.4) is 0 Å². The van der Waals surface area contributed by atoms with E-state index in [1.807, 2.05) is 27.7 Å². The lowest BCUT2D eigenvalue weighted by Gasteiger charge is -2.24. The Morgan fingerprint density at radius 2 is 2.00 bits per heavy atom. The highest BCUT2D eigenvalue weighted by atomic mass is 16.6. The standard InChI is InChI=1S/C21H34N2O4/c1-15-10-16(2)22-18(11-15)12-17-13-23(20(25)27-21(3,4)5)14-19(17)26-9-7-6-8-24/h10-11,17,19,24H,6-9,12-14H2,1-5H3/t17-,19+/m1/s1. The molecular weight excluding hydrogens is 344 g/mol. The quantitative estimate of drug-likeness (QED) is 0.737. The molecule has 0 spiro atoms. The molecule has 6 nitrogen and oxygen atoms in total. The molecule has 1 fully saturated rings. The van der Waals surface area contributed by atoms with Crippen LogP contribution in [0.2, 0.25) is 0 Å². The summed E-state index contributed by atoms with van der Waals surface area (Å²) in [6, 6.07) is 4.17. The van der Waals surface area contributed by atoms with Gasteiger partial charge in [0.25, 0.3) is 0 Å². The number of nitrogens with zero attached hydrogens (tertiary/aromatic N) is 2. The lowest BCUT2D eigenvalue weighted by atomic mass is 9.98. The van der Waals surface area contributed by atoms with Gasteiger partial charge in [0.2, 0.25) is 0 Å². The Hall–Kier alpha value is -1.66.